The first kappa shape index (κ1) is 31.2. The fraction of sp³-hybridized carbons (Fsp3) is 0.742. The Kier molecular flexibility index (Phi) is 11.9. The van der Waals surface area contributed by atoms with Crippen LogP contribution in [0.1, 0.15) is 82.5 Å². The minimum absolute atomic E-state index is 0.0483. The quantitative estimate of drug-likeness (QED) is 0.563. The third kappa shape index (κ3) is 8.58. The maximum atomic E-state index is 14.1. The zero-order valence-corrected chi connectivity index (χ0v) is 25.0. The maximum absolute atomic E-state index is 14.1. The van der Waals surface area contributed by atoms with Gasteiger partial charge in [0.25, 0.3) is 5.91 Å². The van der Waals surface area contributed by atoms with Crippen molar-refractivity contribution in [1.29, 1.82) is 0 Å². The highest BCUT2D eigenvalue weighted by molar-refractivity contribution is 5.98. The lowest BCUT2D eigenvalue weighted by molar-refractivity contribution is -0.137. The van der Waals surface area contributed by atoms with Crippen molar-refractivity contribution < 1.29 is 24.2 Å². The summed E-state index contributed by atoms with van der Waals surface area (Å²) in [5.74, 6) is 0.666. The number of benzene rings is 1. The van der Waals surface area contributed by atoms with Gasteiger partial charge in [-0.2, -0.15) is 0 Å². The van der Waals surface area contributed by atoms with Gasteiger partial charge in [-0.3, -0.25) is 9.59 Å². The highest BCUT2D eigenvalue weighted by Crippen LogP contribution is 2.30. The number of nitrogens with zero attached hydrogens (tertiary/aromatic N) is 3. The molecule has 0 spiro atoms. The van der Waals surface area contributed by atoms with Crippen molar-refractivity contribution in [3.05, 3.63) is 23.8 Å². The average molecular weight is 546 g/mol. The lowest BCUT2D eigenvalue weighted by atomic mass is 9.88. The fourth-order valence-electron chi connectivity index (χ4n) is 5.67. The summed E-state index contributed by atoms with van der Waals surface area (Å²) in [7, 11) is 5.78. The van der Waals surface area contributed by atoms with Crippen LogP contribution in [0.25, 0.3) is 0 Å². The van der Waals surface area contributed by atoms with Crippen LogP contribution in [0.15, 0.2) is 18.2 Å². The molecule has 3 rings (SSSR count). The van der Waals surface area contributed by atoms with Crippen LogP contribution in [0, 0.1) is 11.8 Å². The molecule has 2 aliphatic rings. The average Bonchev–Trinajstić information content (AvgIpc) is 2.93. The van der Waals surface area contributed by atoms with Gasteiger partial charge in [-0.25, -0.2) is 0 Å². The van der Waals surface area contributed by atoms with E-state index in [9.17, 15) is 14.7 Å². The highest BCUT2D eigenvalue weighted by atomic mass is 16.5. The molecule has 0 bridgehead atoms. The molecule has 0 unspecified atom stereocenters. The number of ether oxygens (including phenoxy) is 2. The molecular formula is C31H51N3O5. The van der Waals surface area contributed by atoms with Crippen molar-refractivity contribution >= 4 is 17.5 Å². The van der Waals surface area contributed by atoms with E-state index in [1.165, 1.54) is 6.42 Å². The van der Waals surface area contributed by atoms with Gasteiger partial charge in [0.15, 0.2) is 0 Å². The molecule has 0 saturated heterocycles. The Labute approximate surface area is 235 Å². The molecule has 1 aliphatic heterocycles. The number of aliphatic hydroxyl groups is 1. The Morgan fingerprint density at radius 2 is 1.77 bits per heavy atom. The molecule has 8 nitrogen and oxygen atoms in total. The van der Waals surface area contributed by atoms with E-state index in [0.717, 1.165) is 50.6 Å². The molecule has 39 heavy (non-hydrogen) atoms. The maximum Gasteiger partial charge on any atom is 0.258 e. The van der Waals surface area contributed by atoms with Gasteiger partial charge in [-0.05, 0) is 64.2 Å². The number of carbonyl (C=O) groups is 2. The molecule has 220 valence electrons. The van der Waals surface area contributed by atoms with Crippen LogP contribution in [-0.4, -0.2) is 92.4 Å². The molecule has 1 aliphatic carbocycles. The molecule has 1 heterocycles. The number of amides is 2. The summed E-state index contributed by atoms with van der Waals surface area (Å²) < 4.78 is 12.7. The second-order valence-electron chi connectivity index (χ2n) is 11.9. The van der Waals surface area contributed by atoms with E-state index >= 15 is 0 Å². The van der Waals surface area contributed by atoms with Crippen LogP contribution < -0.4 is 9.64 Å². The number of aliphatic hydroxyl groups excluding tert-OH is 1. The standard InChI is InChI=1S/C31H51N3O5/c1-22-19-34(23(2)21-35)31(37)27-18-26(32(4)5)15-16-28(27)39-24(3)12-10-11-17-38-29(22)20-33(6)30(36)25-13-8-7-9-14-25/h15-16,18,22-25,29,35H,7-14,17,19-21H2,1-6H3/t22-,23-,24-,29-/m0/s1. The highest BCUT2D eigenvalue weighted by Gasteiger charge is 2.32. The smallest absolute Gasteiger partial charge is 0.258 e. The van der Waals surface area contributed by atoms with Crippen LogP contribution >= 0.6 is 0 Å². The fourth-order valence-corrected chi connectivity index (χ4v) is 5.67. The molecule has 0 radical (unpaired) electrons. The monoisotopic (exact) mass is 545 g/mol. The van der Waals surface area contributed by atoms with Crippen molar-refractivity contribution in [2.45, 2.75) is 90.4 Å². The molecular weight excluding hydrogens is 494 g/mol. The van der Waals surface area contributed by atoms with Crippen LogP contribution in [0.3, 0.4) is 0 Å². The minimum atomic E-state index is -0.386. The van der Waals surface area contributed by atoms with E-state index in [4.69, 9.17) is 9.47 Å². The van der Waals surface area contributed by atoms with Crippen molar-refractivity contribution in [2.24, 2.45) is 11.8 Å². The number of likely N-dealkylation sites (N-methyl/N-ethyl adjacent to an activating group) is 1. The van der Waals surface area contributed by atoms with Gasteiger partial charge in [0.05, 0.1) is 30.4 Å². The Bertz CT molecular complexity index is 933. The third-order valence-electron chi connectivity index (χ3n) is 8.34. The lowest BCUT2D eigenvalue weighted by Crippen LogP contribution is -2.48. The first-order valence-corrected chi connectivity index (χ1v) is 14.9. The summed E-state index contributed by atoms with van der Waals surface area (Å²) >= 11 is 0. The van der Waals surface area contributed by atoms with Crippen LogP contribution in [0.5, 0.6) is 5.75 Å². The topological polar surface area (TPSA) is 82.6 Å². The third-order valence-corrected chi connectivity index (χ3v) is 8.34. The summed E-state index contributed by atoms with van der Waals surface area (Å²) in [6.45, 7) is 7.32. The zero-order chi connectivity index (χ0) is 28.5. The van der Waals surface area contributed by atoms with Gasteiger partial charge < -0.3 is 29.3 Å². The summed E-state index contributed by atoms with van der Waals surface area (Å²) in [5, 5.41) is 10.1. The Morgan fingerprint density at radius 3 is 2.44 bits per heavy atom. The van der Waals surface area contributed by atoms with Crippen molar-refractivity contribution in [1.82, 2.24) is 9.80 Å². The van der Waals surface area contributed by atoms with Gasteiger partial charge in [-0.15, -0.1) is 0 Å². The Morgan fingerprint density at radius 1 is 1.08 bits per heavy atom. The largest absolute Gasteiger partial charge is 0.490 e. The van der Waals surface area contributed by atoms with Gasteiger partial charge in [0.2, 0.25) is 5.91 Å². The second-order valence-corrected chi connectivity index (χ2v) is 11.9. The molecule has 1 fully saturated rings. The molecule has 1 aromatic carbocycles. The number of rotatable bonds is 6. The molecule has 1 N–H and O–H groups in total. The minimum Gasteiger partial charge on any atom is -0.490 e. The van der Waals surface area contributed by atoms with E-state index in [1.807, 2.05) is 63.0 Å². The van der Waals surface area contributed by atoms with Crippen LogP contribution in [-0.2, 0) is 9.53 Å². The second kappa shape index (κ2) is 14.9. The van der Waals surface area contributed by atoms with E-state index in [1.54, 1.807) is 4.90 Å². The number of carbonyl (C=O) groups excluding carboxylic acids is 2. The lowest BCUT2D eigenvalue weighted by Gasteiger charge is -2.36. The van der Waals surface area contributed by atoms with Crippen molar-refractivity contribution in [3.8, 4) is 5.75 Å². The Balaban J connectivity index is 1.89. The van der Waals surface area contributed by atoms with Crippen molar-refractivity contribution in [3.63, 3.8) is 0 Å². The van der Waals surface area contributed by atoms with Crippen LogP contribution in [0.2, 0.25) is 0 Å². The summed E-state index contributed by atoms with van der Waals surface area (Å²) in [5.41, 5.74) is 1.41. The normalized spacial score (nSPS) is 24.7. The molecule has 4 atom stereocenters. The van der Waals surface area contributed by atoms with Crippen molar-refractivity contribution in [2.75, 3.05) is 52.3 Å². The van der Waals surface area contributed by atoms with E-state index in [0.29, 0.717) is 31.0 Å². The predicted octanol–water partition coefficient (Wildman–Crippen LogP) is 4.59. The summed E-state index contributed by atoms with van der Waals surface area (Å²) in [6, 6.07) is 5.34. The number of hydrogen-bond donors (Lipinski definition) is 1. The van der Waals surface area contributed by atoms with E-state index in [2.05, 4.69) is 6.92 Å². The summed E-state index contributed by atoms with van der Waals surface area (Å²) in [4.78, 5) is 32.9. The van der Waals surface area contributed by atoms with Gasteiger partial charge in [0, 0.05) is 58.4 Å². The molecule has 2 amide bonds. The SMILES string of the molecule is C[C@H]1CCCCO[C@@H](CN(C)C(=O)C2CCCCC2)[C@@H](C)CN([C@@H](C)CO)C(=O)c2cc(N(C)C)ccc2O1. The number of fused-ring (bicyclic) bond motifs is 1. The molecule has 1 aromatic rings. The van der Waals surface area contributed by atoms with Gasteiger partial charge in [0.1, 0.15) is 5.75 Å². The zero-order valence-electron chi connectivity index (χ0n) is 25.0. The van der Waals surface area contributed by atoms with Gasteiger partial charge >= 0.3 is 0 Å². The summed E-state index contributed by atoms with van der Waals surface area (Å²) in [6.07, 6.45) is 7.83. The molecule has 8 heteroatoms. The van der Waals surface area contributed by atoms with E-state index < -0.39 is 0 Å². The molecule has 1 saturated carbocycles. The molecule has 0 aromatic heterocycles. The Hall–Kier alpha value is -2.32. The van der Waals surface area contributed by atoms with Crippen LogP contribution in [0.4, 0.5) is 5.69 Å². The van der Waals surface area contributed by atoms with Gasteiger partial charge in [-0.1, -0.05) is 26.2 Å². The number of anilines is 1. The first-order chi connectivity index (χ1) is 18.6. The number of hydrogen-bond acceptors (Lipinski definition) is 6. The first-order valence-electron chi connectivity index (χ1n) is 14.9. The predicted molar refractivity (Wildman–Crippen MR) is 155 cm³/mol. The van der Waals surface area contributed by atoms with E-state index in [-0.39, 0.29) is 48.5 Å².